The first-order chi connectivity index (χ1) is 9.08. The van der Waals surface area contributed by atoms with Crippen molar-refractivity contribution in [2.24, 2.45) is 21.7 Å². The molecule has 1 aromatic rings. The van der Waals surface area contributed by atoms with Crippen molar-refractivity contribution >= 4 is 23.8 Å². The minimum atomic E-state index is -0.125. The molecule has 7 heteroatoms. The van der Waals surface area contributed by atoms with E-state index in [2.05, 4.69) is 16.8 Å². The molecule has 0 fully saturated rings. The molecule has 0 aromatic heterocycles. The molecule has 4 N–H and O–H groups in total. The predicted octanol–water partition coefficient (Wildman–Crippen LogP) is 1.52. The molecule has 0 amide bonds. The summed E-state index contributed by atoms with van der Waals surface area (Å²) in [4.78, 5) is 0. The normalized spacial score (nSPS) is 10.2. The Hall–Kier alpha value is -2.21. The number of nitrogens with zero attached hydrogens (tertiary/aromatic N) is 2. The minimum absolute atomic E-state index is 0.125. The molecular weight excluding hydrogens is 268 g/mol. The zero-order chi connectivity index (χ0) is 14.3. The largest absolute Gasteiger partial charge is 0.493 e. The number of benzene rings is 1. The van der Waals surface area contributed by atoms with Gasteiger partial charge in [-0.3, -0.25) is 0 Å². The maximum Gasteiger partial charge on any atom is 0.211 e. The van der Waals surface area contributed by atoms with E-state index in [0.29, 0.717) is 28.7 Å². The van der Waals surface area contributed by atoms with Crippen molar-refractivity contribution in [3.05, 3.63) is 35.4 Å². The molecule has 0 bridgehead atoms. The highest BCUT2D eigenvalue weighted by Crippen LogP contribution is 2.36. The second-order valence-corrected chi connectivity index (χ2v) is 3.81. The Labute approximate surface area is 116 Å². The topological polar surface area (TPSA) is 95.2 Å². The molecule has 0 unspecified atom stereocenters. The predicted molar refractivity (Wildman–Crippen MR) is 77.1 cm³/mol. The fraction of sp³-hybridized carbons (Fsp3) is 0.167. The van der Waals surface area contributed by atoms with Gasteiger partial charge in [0.25, 0.3) is 0 Å². The lowest BCUT2D eigenvalue weighted by Gasteiger charge is -2.11. The van der Waals surface area contributed by atoms with Crippen molar-refractivity contribution in [2.75, 3.05) is 13.7 Å². The highest BCUT2D eigenvalue weighted by molar-refractivity contribution is 6.32. The molecule has 0 heterocycles. The van der Waals surface area contributed by atoms with E-state index in [4.69, 9.17) is 32.5 Å². The van der Waals surface area contributed by atoms with Gasteiger partial charge < -0.3 is 20.9 Å². The summed E-state index contributed by atoms with van der Waals surface area (Å²) in [6.07, 6.45) is 3.06. The lowest BCUT2D eigenvalue weighted by atomic mass is 10.2. The van der Waals surface area contributed by atoms with E-state index in [-0.39, 0.29) is 5.96 Å². The van der Waals surface area contributed by atoms with Gasteiger partial charge in [0.2, 0.25) is 5.96 Å². The average Bonchev–Trinajstić information content (AvgIpc) is 2.36. The van der Waals surface area contributed by atoms with Crippen LogP contribution in [0.3, 0.4) is 0 Å². The van der Waals surface area contributed by atoms with Gasteiger partial charge in [-0.25, -0.2) is 0 Å². The molecule has 0 saturated carbocycles. The Morgan fingerprint density at radius 2 is 2.21 bits per heavy atom. The van der Waals surface area contributed by atoms with Gasteiger partial charge in [0, 0.05) is 5.56 Å². The summed E-state index contributed by atoms with van der Waals surface area (Å²) in [7, 11) is 1.52. The monoisotopic (exact) mass is 282 g/mol. The van der Waals surface area contributed by atoms with E-state index in [0.717, 1.165) is 0 Å². The summed E-state index contributed by atoms with van der Waals surface area (Å²) in [5.74, 6) is 0.809. The molecule has 0 aliphatic heterocycles. The number of guanidine groups is 1. The molecule has 0 saturated heterocycles. The van der Waals surface area contributed by atoms with E-state index in [1.165, 1.54) is 13.3 Å². The Bertz CT molecular complexity index is 511. The van der Waals surface area contributed by atoms with Crippen molar-refractivity contribution in [3.8, 4) is 11.5 Å². The van der Waals surface area contributed by atoms with Crippen LogP contribution in [0.15, 0.2) is 35.0 Å². The molecule has 19 heavy (non-hydrogen) atoms. The van der Waals surface area contributed by atoms with Crippen LogP contribution in [-0.4, -0.2) is 25.9 Å². The van der Waals surface area contributed by atoms with E-state index in [9.17, 15) is 0 Å². The third-order valence-electron chi connectivity index (χ3n) is 1.98. The SMILES string of the molecule is C=CCOc1c(Cl)cc(C=NN=C(N)N)cc1OC. The summed E-state index contributed by atoms with van der Waals surface area (Å²) in [5.41, 5.74) is 11.0. The van der Waals surface area contributed by atoms with Gasteiger partial charge in [-0.1, -0.05) is 24.3 Å². The zero-order valence-corrected chi connectivity index (χ0v) is 11.2. The van der Waals surface area contributed by atoms with Crippen LogP contribution in [0.4, 0.5) is 0 Å². The van der Waals surface area contributed by atoms with Crippen molar-refractivity contribution in [1.82, 2.24) is 0 Å². The maximum absolute atomic E-state index is 6.10. The van der Waals surface area contributed by atoms with Gasteiger partial charge in [-0.2, -0.15) is 5.10 Å². The summed E-state index contributed by atoms with van der Waals surface area (Å²) < 4.78 is 10.6. The van der Waals surface area contributed by atoms with Gasteiger partial charge in [0.15, 0.2) is 11.5 Å². The third-order valence-corrected chi connectivity index (χ3v) is 2.26. The molecule has 0 atom stereocenters. The number of rotatable bonds is 6. The van der Waals surface area contributed by atoms with Crippen LogP contribution >= 0.6 is 11.6 Å². The van der Waals surface area contributed by atoms with Crippen molar-refractivity contribution in [1.29, 1.82) is 0 Å². The minimum Gasteiger partial charge on any atom is -0.493 e. The lowest BCUT2D eigenvalue weighted by molar-refractivity contribution is 0.326. The highest BCUT2D eigenvalue weighted by Gasteiger charge is 2.10. The first-order valence-corrected chi connectivity index (χ1v) is 5.69. The molecule has 6 nitrogen and oxygen atoms in total. The lowest BCUT2D eigenvalue weighted by Crippen LogP contribution is -2.21. The quantitative estimate of drug-likeness (QED) is 0.358. The van der Waals surface area contributed by atoms with Gasteiger partial charge >= 0.3 is 0 Å². The highest BCUT2D eigenvalue weighted by atomic mass is 35.5. The second-order valence-electron chi connectivity index (χ2n) is 3.40. The van der Waals surface area contributed by atoms with Crippen LogP contribution in [0.25, 0.3) is 0 Å². The molecule has 0 aliphatic rings. The molecule has 1 aromatic carbocycles. The number of hydrogen-bond donors (Lipinski definition) is 2. The maximum atomic E-state index is 6.10. The van der Waals surface area contributed by atoms with Crippen LogP contribution < -0.4 is 20.9 Å². The summed E-state index contributed by atoms with van der Waals surface area (Å²) >= 11 is 6.10. The van der Waals surface area contributed by atoms with Gasteiger partial charge in [0.1, 0.15) is 6.61 Å². The summed E-state index contributed by atoms with van der Waals surface area (Å²) in [6.45, 7) is 3.90. The second kappa shape index (κ2) is 7.27. The Morgan fingerprint density at radius 1 is 1.47 bits per heavy atom. The van der Waals surface area contributed by atoms with Crippen LogP contribution in [0.2, 0.25) is 5.02 Å². The van der Waals surface area contributed by atoms with Crippen molar-refractivity contribution < 1.29 is 9.47 Å². The molecule has 102 valence electrons. The van der Waals surface area contributed by atoms with Crippen molar-refractivity contribution in [3.63, 3.8) is 0 Å². The fourth-order valence-corrected chi connectivity index (χ4v) is 1.53. The molecule has 0 spiro atoms. The molecule has 0 aliphatic carbocycles. The fourth-order valence-electron chi connectivity index (χ4n) is 1.26. The molecular formula is C12H15ClN4O2. The Balaban J connectivity index is 3.05. The number of nitrogens with two attached hydrogens (primary N) is 2. The standard InChI is InChI=1S/C12H15ClN4O2/c1-3-4-19-11-9(13)5-8(6-10(11)18-2)7-16-17-12(14)15/h3,5-7H,1,4H2,2H3,(H4,14,15,17). The smallest absolute Gasteiger partial charge is 0.211 e. The van der Waals surface area contributed by atoms with E-state index < -0.39 is 0 Å². The molecule has 0 radical (unpaired) electrons. The van der Waals surface area contributed by atoms with E-state index in [1.54, 1.807) is 18.2 Å². The average molecular weight is 283 g/mol. The summed E-state index contributed by atoms with van der Waals surface area (Å²) in [6, 6.07) is 3.37. The van der Waals surface area contributed by atoms with E-state index >= 15 is 0 Å². The zero-order valence-electron chi connectivity index (χ0n) is 10.5. The van der Waals surface area contributed by atoms with Crippen LogP contribution in [0.1, 0.15) is 5.56 Å². The summed E-state index contributed by atoms with van der Waals surface area (Å²) in [5, 5.41) is 7.58. The van der Waals surface area contributed by atoms with Crippen LogP contribution in [-0.2, 0) is 0 Å². The number of halogens is 1. The van der Waals surface area contributed by atoms with Crippen LogP contribution in [0, 0.1) is 0 Å². The van der Waals surface area contributed by atoms with Crippen LogP contribution in [0.5, 0.6) is 11.5 Å². The van der Waals surface area contributed by atoms with E-state index in [1.807, 2.05) is 0 Å². The number of hydrogen-bond acceptors (Lipinski definition) is 4. The number of ether oxygens (including phenoxy) is 2. The Morgan fingerprint density at radius 3 is 2.79 bits per heavy atom. The third kappa shape index (κ3) is 4.51. The molecule has 1 rings (SSSR count). The Kier molecular flexibility index (Phi) is 5.69. The van der Waals surface area contributed by atoms with Gasteiger partial charge in [0.05, 0.1) is 18.3 Å². The number of methoxy groups -OCH3 is 1. The van der Waals surface area contributed by atoms with Gasteiger partial charge in [-0.15, -0.1) is 5.10 Å². The first kappa shape index (κ1) is 14.8. The van der Waals surface area contributed by atoms with Gasteiger partial charge in [-0.05, 0) is 12.1 Å². The first-order valence-electron chi connectivity index (χ1n) is 5.31. The van der Waals surface area contributed by atoms with Crippen molar-refractivity contribution in [2.45, 2.75) is 0 Å².